The van der Waals surface area contributed by atoms with E-state index in [-0.39, 0.29) is 17.9 Å². The van der Waals surface area contributed by atoms with Gasteiger partial charge in [0.1, 0.15) is 5.82 Å². The number of imidazole rings is 1. The molecule has 1 aliphatic heterocycles. The zero-order valence-electron chi connectivity index (χ0n) is 12.5. The van der Waals surface area contributed by atoms with Gasteiger partial charge < -0.3 is 14.6 Å². The lowest BCUT2D eigenvalue weighted by molar-refractivity contribution is -0.139. The number of hydrogen-bond acceptors (Lipinski definition) is 4. The van der Waals surface area contributed by atoms with E-state index in [9.17, 15) is 4.79 Å². The van der Waals surface area contributed by atoms with Crippen molar-refractivity contribution >= 4 is 5.91 Å². The minimum absolute atomic E-state index is 0.0922. The number of carbonyl (C=O) groups excluding carboxylic acids is 1. The number of H-pyrrole nitrogens is 1. The first kappa shape index (κ1) is 15.0. The fourth-order valence-electron chi connectivity index (χ4n) is 2.75. The van der Waals surface area contributed by atoms with Crippen molar-refractivity contribution in [1.29, 1.82) is 0 Å². The number of amides is 1. The number of carbonyl (C=O) groups is 1. The van der Waals surface area contributed by atoms with Crippen LogP contribution in [0.2, 0.25) is 0 Å². The number of hydrogen-bond donors (Lipinski definition) is 1. The SMILES string of the molecule is CCN1CCN(C(=O)C(C)COC)CC1c1ncc[nH]1. The van der Waals surface area contributed by atoms with Gasteiger partial charge in [0.25, 0.3) is 0 Å². The van der Waals surface area contributed by atoms with Crippen LogP contribution in [0.15, 0.2) is 12.4 Å². The molecule has 1 aromatic rings. The number of aromatic nitrogens is 2. The van der Waals surface area contributed by atoms with Crippen molar-refractivity contribution in [1.82, 2.24) is 19.8 Å². The maximum Gasteiger partial charge on any atom is 0.227 e. The zero-order valence-corrected chi connectivity index (χ0v) is 12.5. The molecule has 0 bridgehead atoms. The molecule has 1 saturated heterocycles. The van der Waals surface area contributed by atoms with Crippen LogP contribution in [0.4, 0.5) is 0 Å². The van der Waals surface area contributed by atoms with Gasteiger partial charge in [0.2, 0.25) is 5.91 Å². The molecule has 0 aromatic carbocycles. The van der Waals surface area contributed by atoms with Gasteiger partial charge in [0.05, 0.1) is 18.6 Å². The maximum atomic E-state index is 12.4. The van der Waals surface area contributed by atoms with Gasteiger partial charge in [-0.1, -0.05) is 13.8 Å². The van der Waals surface area contributed by atoms with Gasteiger partial charge in [-0.2, -0.15) is 0 Å². The highest BCUT2D eigenvalue weighted by molar-refractivity contribution is 5.78. The Hall–Kier alpha value is -1.40. The molecule has 112 valence electrons. The van der Waals surface area contributed by atoms with Crippen LogP contribution in [0.1, 0.15) is 25.7 Å². The molecule has 0 spiro atoms. The molecule has 1 N–H and O–H groups in total. The smallest absolute Gasteiger partial charge is 0.227 e. The Balaban J connectivity index is 2.06. The summed E-state index contributed by atoms with van der Waals surface area (Å²) in [6.07, 6.45) is 3.59. The summed E-state index contributed by atoms with van der Waals surface area (Å²) in [7, 11) is 1.63. The molecule has 1 fully saturated rings. The summed E-state index contributed by atoms with van der Waals surface area (Å²) in [6, 6.07) is 0.155. The summed E-state index contributed by atoms with van der Waals surface area (Å²) >= 11 is 0. The number of nitrogens with one attached hydrogen (secondary N) is 1. The van der Waals surface area contributed by atoms with E-state index < -0.39 is 0 Å². The summed E-state index contributed by atoms with van der Waals surface area (Å²) in [5, 5.41) is 0. The summed E-state index contributed by atoms with van der Waals surface area (Å²) in [5.41, 5.74) is 0. The van der Waals surface area contributed by atoms with Gasteiger partial charge in [0.15, 0.2) is 0 Å². The lowest BCUT2D eigenvalue weighted by Crippen LogP contribution is -2.52. The highest BCUT2D eigenvalue weighted by Gasteiger charge is 2.32. The van der Waals surface area contributed by atoms with Crippen molar-refractivity contribution in [3.63, 3.8) is 0 Å². The zero-order chi connectivity index (χ0) is 14.5. The molecule has 2 rings (SSSR count). The lowest BCUT2D eigenvalue weighted by Gasteiger charge is -2.40. The summed E-state index contributed by atoms with van der Waals surface area (Å²) in [5.74, 6) is 1.01. The topological polar surface area (TPSA) is 61.5 Å². The third-order valence-corrected chi connectivity index (χ3v) is 3.88. The molecular formula is C14H24N4O2. The molecule has 2 unspecified atom stereocenters. The van der Waals surface area contributed by atoms with Crippen molar-refractivity contribution in [3.8, 4) is 0 Å². The van der Waals surface area contributed by atoms with Gasteiger partial charge in [0, 0.05) is 39.1 Å². The number of nitrogens with zero attached hydrogens (tertiary/aromatic N) is 3. The molecule has 6 heteroatoms. The number of likely N-dealkylation sites (N-methyl/N-ethyl adjacent to an activating group) is 1. The molecule has 0 aliphatic carbocycles. The third-order valence-electron chi connectivity index (χ3n) is 3.88. The Kier molecular flexibility index (Phi) is 5.14. The Bertz CT molecular complexity index is 421. The Labute approximate surface area is 120 Å². The summed E-state index contributed by atoms with van der Waals surface area (Å²) in [4.78, 5) is 24.2. The van der Waals surface area contributed by atoms with Crippen molar-refractivity contribution < 1.29 is 9.53 Å². The molecule has 1 aliphatic rings. The average Bonchev–Trinajstić information content (AvgIpc) is 3.00. The summed E-state index contributed by atoms with van der Waals surface area (Å²) < 4.78 is 5.08. The molecule has 20 heavy (non-hydrogen) atoms. The van der Waals surface area contributed by atoms with E-state index in [0.29, 0.717) is 13.2 Å². The lowest BCUT2D eigenvalue weighted by atomic mass is 10.1. The van der Waals surface area contributed by atoms with Gasteiger partial charge in [-0.25, -0.2) is 4.98 Å². The second-order valence-electron chi connectivity index (χ2n) is 5.26. The number of methoxy groups -OCH3 is 1. The van der Waals surface area contributed by atoms with E-state index in [1.807, 2.05) is 18.0 Å². The first-order valence-electron chi connectivity index (χ1n) is 7.18. The number of ether oxygens (including phenoxy) is 1. The largest absolute Gasteiger partial charge is 0.384 e. The van der Waals surface area contributed by atoms with E-state index in [4.69, 9.17) is 4.74 Å². The van der Waals surface area contributed by atoms with Gasteiger partial charge in [-0.15, -0.1) is 0 Å². The van der Waals surface area contributed by atoms with Crippen LogP contribution in [0, 0.1) is 5.92 Å². The predicted octanol–water partition coefficient (Wildman–Crippen LogP) is 0.897. The van der Waals surface area contributed by atoms with Crippen molar-refractivity contribution in [2.75, 3.05) is 39.9 Å². The molecule has 0 radical (unpaired) electrons. The van der Waals surface area contributed by atoms with Crippen LogP contribution >= 0.6 is 0 Å². The van der Waals surface area contributed by atoms with Gasteiger partial charge in [-0.3, -0.25) is 9.69 Å². The Morgan fingerprint density at radius 3 is 3.00 bits per heavy atom. The van der Waals surface area contributed by atoms with Crippen LogP contribution in [0.5, 0.6) is 0 Å². The van der Waals surface area contributed by atoms with Crippen LogP contribution in [-0.2, 0) is 9.53 Å². The Morgan fingerprint density at radius 1 is 1.60 bits per heavy atom. The fraction of sp³-hybridized carbons (Fsp3) is 0.714. The second kappa shape index (κ2) is 6.85. The standard InChI is InChI=1S/C14H24N4O2/c1-4-17-7-8-18(14(19)11(2)10-20-3)9-12(17)13-15-5-6-16-13/h5-6,11-12H,4,7-10H2,1-3H3,(H,15,16). The first-order chi connectivity index (χ1) is 9.67. The third kappa shape index (κ3) is 3.19. The minimum atomic E-state index is -0.0922. The van der Waals surface area contributed by atoms with Crippen molar-refractivity contribution in [2.45, 2.75) is 19.9 Å². The molecule has 1 aromatic heterocycles. The average molecular weight is 280 g/mol. The number of piperazine rings is 1. The molecule has 1 amide bonds. The normalized spacial score (nSPS) is 21.9. The molecule has 0 saturated carbocycles. The van der Waals surface area contributed by atoms with Crippen LogP contribution in [0.25, 0.3) is 0 Å². The molecular weight excluding hydrogens is 256 g/mol. The fourth-order valence-corrected chi connectivity index (χ4v) is 2.75. The van der Waals surface area contributed by atoms with Crippen molar-refractivity contribution in [2.24, 2.45) is 5.92 Å². The first-order valence-corrected chi connectivity index (χ1v) is 7.18. The number of rotatable bonds is 5. The Morgan fingerprint density at radius 2 is 2.40 bits per heavy atom. The van der Waals surface area contributed by atoms with Crippen LogP contribution in [-0.4, -0.2) is 65.6 Å². The summed E-state index contributed by atoms with van der Waals surface area (Å²) in [6.45, 7) is 7.83. The highest BCUT2D eigenvalue weighted by atomic mass is 16.5. The molecule has 2 atom stereocenters. The van der Waals surface area contributed by atoms with Crippen LogP contribution < -0.4 is 0 Å². The van der Waals surface area contributed by atoms with E-state index in [1.54, 1.807) is 13.3 Å². The maximum absolute atomic E-state index is 12.4. The van der Waals surface area contributed by atoms with E-state index in [0.717, 1.165) is 25.5 Å². The minimum Gasteiger partial charge on any atom is -0.384 e. The quantitative estimate of drug-likeness (QED) is 0.870. The van der Waals surface area contributed by atoms with E-state index >= 15 is 0 Å². The molecule has 2 heterocycles. The second-order valence-corrected chi connectivity index (χ2v) is 5.26. The molecule has 6 nitrogen and oxygen atoms in total. The highest BCUT2D eigenvalue weighted by Crippen LogP contribution is 2.23. The number of aromatic amines is 1. The van der Waals surface area contributed by atoms with Crippen molar-refractivity contribution in [3.05, 3.63) is 18.2 Å². The van der Waals surface area contributed by atoms with E-state index in [1.165, 1.54) is 0 Å². The van der Waals surface area contributed by atoms with E-state index in [2.05, 4.69) is 21.8 Å². The monoisotopic (exact) mass is 280 g/mol. The van der Waals surface area contributed by atoms with Gasteiger partial charge >= 0.3 is 0 Å². The van der Waals surface area contributed by atoms with Crippen LogP contribution in [0.3, 0.4) is 0 Å². The predicted molar refractivity (Wildman–Crippen MR) is 76.2 cm³/mol. The van der Waals surface area contributed by atoms with Gasteiger partial charge in [-0.05, 0) is 6.54 Å².